The number of nitrogens with zero attached hydrogens (tertiary/aromatic N) is 3. The fraction of sp³-hybridized carbons (Fsp3) is 0.333. The molecule has 2 saturated heterocycles. The van der Waals surface area contributed by atoms with Crippen molar-refractivity contribution < 1.29 is 14.3 Å². The van der Waals surface area contributed by atoms with Crippen molar-refractivity contribution in [3.8, 4) is 11.1 Å². The van der Waals surface area contributed by atoms with Crippen LogP contribution in [0.2, 0.25) is 0 Å². The average Bonchev–Trinajstić information content (AvgIpc) is 2.84. The van der Waals surface area contributed by atoms with Gasteiger partial charge >= 0.3 is 6.03 Å². The van der Waals surface area contributed by atoms with Gasteiger partial charge in [0, 0.05) is 49.2 Å². The lowest BCUT2D eigenvalue weighted by atomic mass is 9.74. The summed E-state index contributed by atoms with van der Waals surface area (Å²) in [6.45, 7) is 2.22. The first-order chi connectivity index (χ1) is 16.6. The van der Waals surface area contributed by atoms with E-state index >= 15 is 0 Å². The summed E-state index contributed by atoms with van der Waals surface area (Å²) in [4.78, 5) is 21.3. The molecule has 5 rings (SSSR count). The van der Waals surface area contributed by atoms with Crippen LogP contribution in [0.1, 0.15) is 24.3 Å². The molecule has 3 atom stereocenters. The molecule has 34 heavy (non-hydrogen) atoms. The summed E-state index contributed by atoms with van der Waals surface area (Å²) in [7, 11) is 0. The molecule has 3 heterocycles. The van der Waals surface area contributed by atoms with Gasteiger partial charge in [-0.2, -0.15) is 0 Å². The molecule has 0 spiro atoms. The van der Waals surface area contributed by atoms with Crippen LogP contribution in [0.5, 0.6) is 0 Å². The predicted molar refractivity (Wildman–Crippen MR) is 130 cm³/mol. The Kier molecular flexibility index (Phi) is 6.56. The summed E-state index contributed by atoms with van der Waals surface area (Å²) in [6, 6.07) is 18.4. The van der Waals surface area contributed by atoms with E-state index in [-0.39, 0.29) is 36.5 Å². The van der Waals surface area contributed by atoms with Gasteiger partial charge in [-0.3, -0.25) is 9.88 Å². The van der Waals surface area contributed by atoms with Gasteiger partial charge in [0.05, 0.1) is 6.61 Å². The van der Waals surface area contributed by atoms with E-state index in [0.717, 1.165) is 30.5 Å². The maximum atomic E-state index is 13.6. The molecular weight excluding hydrogens is 431 g/mol. The number of aliphatic hydroxyl groups excluding tert-OH is 1. The molecule has 0 unspecified atom stereocenters. The third kappa shape index (κ3) is 4.54. The van der Waals surface area contributed by atoms with E-state index in [1.807, 2.05) is 17.0 Å². The van der Waals surface area contributed by atoms with Gasteiger partial charge in [-0.05, 0) is 66.4 Å². The van der Waals surface area contributed by atoms with Gasteiger partial charge in [-0.1, -0.05) is 30.3 Å². The number of amides is 2. The number of anilines is 1. The van der Waals surface area contributed by atoms with E-state index < -0.39 is 0 Å². The van der Waals surface area contributed by atoms with Crippen LogP contribution >= 0.6 is 0 Å². The summed E-state index contributed by atoms with van der Waals surface area (Å²) in [5.41, 5.74) is 3.86. The number of aliphatic hydroxyl groups is 1. The summed E-state index contributed by atoms with van der Waals surface area (Å²) in [6.07, 6.45) is 5.42. The van der Waals surface area contributed by atoms with Crippen molar-refractivity contribution in [3.05, 3.63) is 84.4 Å². The van der Waals surface area contributed by atoms with Crippen LogP contribution in [0.4, 0.5) is 14.9 Å². The van der Waals surface area contributed by atoms with Gasteiger partial charge in [-0.15, -0.1) is 0 Å². The Morgan fingerprint density at radius 2 is 1.76 bits per heavy atom. The molecule has 1 aromatic heterocycles. The Morgan fingerprint density at radius 3 is 2.50 bits per heavy atom. The molecule has 2 N–H and O–H groups in total. The van der Waals surface area contributed by atoms with Crippen molar-refractivity contribution in [2.45, 2.75) is 30.8 Å². The second-order valence-corrected chi connectivity index (χ2v) is 9.03. The molecule has 0 radical (unpaired) electrons. The molecule has 2 aliphatic heterocycles. The van der Waals surface area contributed by atoms with Crippen LogP contribution in [0.3, 0.4) is 0 Å². The number of carbonyl (C=O) groups excluding carboxylic acids is 1. The second-order valence-electron chi connectivity index (χ2n) is 9.03. The lowest BCUT2D eigenvalue weighted by Gasteiger charge is -2.57. The maximum absolute atomic E-state index is 13.6. The first-order valence-electron chi connectivity index (χ1n) is 11.8. The highest BCUT2D eigenvalue weighted by atomic mass is 19.1. The van der Waals surface area contributed by atoms with E-state index in [4.69, 9.17) is 0 Å². The highest BCUT2D eigenvalue weighted by Crippen LogP contribution is 2.42. The normalized spacial score (nSPS) is 22.8. The van der Waals surface area contributed by atoms with Gasteiger partial charge in [0.2, 0.25) is 0 Å². The predicted octanol–water partition coefficient (Wildman–Crippen LogP) is 4.34. The van der Waals surface area contributed by atoms with Gasteiger partial charge in [-0.25, -0.2) is 9.18 Å². The molecule has 0 bridgehead atoms. The largest absolute Gasteiger partial charge is 0.395 e. The Morgan fingerprint density at radius 1 is 1.03 bits per heavy atom. The van der Waals surface area contributed by atoms with Crippen LogP contribution in [-0.2, 0) is 0 Å². The Hall–Kier alpha value is -3.29. The first-order valence-corrected chi connectivity index (χ1v) is 11.8. The molecule has 7 heteroatoms. The van der Waals surface area contributed by atoms with Crippen LogP contribution in [0.15, 0.2) is 73.1 Å². The lowest BCUT2D eigenvalue weighted by molar-refractivity contribution is -0.0585. The molecule has 176 valence electrons. The average molecular weight is 461 g/mol. The first kappa shape index (κ1) is 22.5. The smallest absolute Gasteiger partial charge is 0.321 e. The van der Waals surface area contributed by atoms with E-state index in [9.17, 15) is 14.3 Å². The van der Waals surface area contributed by atoms with Gasteiger partial charge in [0.1, 0.15) is 5.82 Å². The zero-order chi connectivity index (χ0) is 23.5. The fourth-order valence-electron chi connectivity index (χ4n) is 5.34. The van der Waals surface area contributed by atoms with E-state index in [2.05, 4.69) is 39.5 Å². The van der Waals surface area contributed by atoms with E-state index in [0.29, 0.717) is 18.8 Å². The van der Waals surface area contributed by atoms with Crippen LogP contribution in [-0.4, -0.2) is 64.2 Å². The molecule has 0 aliphatic carbocycles. The number of rotatable bonds is 4. The fourth-order valence-corrected chi connectivity index (χ4v) is 5.34. The number of aromatic nitrogens is 1. The van der Waals surface area contributed by atoms with Crippen LogP contribution in [0.25, 0.3) is 11.1 Å². The molecule has 3 aromatic rings. The number of urea groups is 1. The van der Waals surface area contributed by atoms with Gasteiger partial charge in [0.25, 0.3) is 0 Å². The Labute approximate surface area is 199 Å². The molecule has 0 saturated carbocycles. The topological polar surface area (TPSA) is 68.7 Å². The number of hydrogen-bond acceptors (Lipinski definition) is 4. The van der Waals surface area contributed by atoms with Gasteiger partial charge < -0.3 is 15.3 Å². The number of halogens is 1. The number of benzene rings is 2. The highest BCUT2D eigenvalue weighted by molar-refractivity contribution is 5.89. The SMILES string of the molecule is O=C(Nc1cccc(F)c1)N1CCCCN2[C@H](C1)[C@@H](c1ccc(-c3ccncc3)cc1)[C@@H]2CO. The summed E-state index contributed by atoms with van der Waals surface area (Å²) < 4.78 is 13.6. The van der Waals surface area contributed by atoms with E-state index in [1.54, 1.807) is 24.5 Å². The third-order valence-corrected chi connectivity index (χ3v) is 7.04. The molecule has 6 nitrogen and oxygen atoms in total. The summed E-state index contributed by atoms with van der Waals surface area (Å²) in [5.74, 6) is -0.240. The second kappa shape index (κ2) is 9.91. The van der Waals surface area contributed by atoms with Gasteiger partial charge in [0.15, 0.2) is 0 Å². The summed E-state index contributed by atoms with van der Waals surface area (Å²) >= 11 is 0. The number of fused-ring (bicyclic) bond motifs is 1. The van der Waals surface area contributed by atoms with Crippen molar-refractivity contribution >= 4 is 11.7 Å². The van der Waals surface area contributed by atoms with Crippen molar-refractivity contribution in [1.29, 1.82) is 0 Å². The third-order valence-electron chi connectivity index (χ3n) is 7.04. The molecular formula is C27H29FN4O2. The highest BCUT2D eigenvalue weighted by Gasteiger charge is 2.49. The number of hydrogen-bond donors (Lipinski definition) is 2. The summed E-state index contributed by atoms with van der Waals surface area (Å²) in [5, 5.41) is 13.0. The number of nitrogens with one attached hydrogen (secondary N) is 1. The molecule has 2 amide bonds. The number of carbonyl (C=O) groups is 1. The zero-order valence-corrected chi connectivity index (χ0v) is 19.0. The molecule has 2 aliphatic rings. The molecule has 2 aromatic carbocycles. The van der Waals surface area contributed by atoms with Crippen molar-refractivity contribution in [3.63, 3.8) is 0 Å². The minimum Gasteiger partial charge on any atom is -0.395 e. The van der Waals surface area contributed by atoms with Crippen molar-refractivity contribution in [1.82, 2.24) is 14.8 Å². The molecule has 2 fully saturated rings. The quantitative estimate of drug-likeness (QED) is 0.608. The Balaban J connectivity index is 1.34. The van der Waals surface area contributed by atoms with Crippen LogP contribution in [0, 0.1) is 5.82 Å². The monoisotopic (exact) mass is 460 g/mol. The van der Waals surface area contributed by atoms with Crippen molar-refractivity contribution in [2.24, 2.45) is 0 Å². The zero-order valence-electron chi connectivity index (χ0n) is 19.0. The minimum atomic E-state index is -0.378. The van der Waals surface area contributed by atoms with Crippen molar-refractivity contribution in [2.75, 3.05) is 31.6 Å². The maximum Gasteiger partial charge on any atom is 0.321 e. The minimum absolute atomic E-state index is 0.0444. The lowest BCUT2D eigenvalue weighted by Crippen LogP contribution is -2.68. The Bertz CT molecular complexity index is 1120. The van der Waals surface area contributed by atoms with Crippen LogP contribution < -0.4 is 5.32 Å². The standard InChI is InChI=1S/C27H29FN4O2/c28-22-4-3-5-23(16-22)30-27(34)31-14-1-2-15-32-24(17-31)26(25(32)18-33)21-8-6-19(7-9-21)20-10-12-29-13-11-20/h3-13,16,24-26,33H,1-2,14-15,17-18H2,(H,30,34)/t24-,25+,26-/m1/s1. The number of pyridine rings is 1. The van der Waals surface area contributed by atoms with E-state index in [1.165, 1.54) is 17.7 Å².